The zero-order valence-electron chi connectivity index (χ0n) is 8.77. The first kappa shape index (κ1) is 11.7. The lowest BCUT2D eigenvalue weighted by molar-refractivity contribution is -0.118. The van der Waals surface area contributed by atoms with Crippen molar-refractivity contribution in [2.24, 2.45) is 5.73 Å². The molecule has 1 heterocycles. The molecule has 1 amide bonds. The molecule has 0 fully saturated rings. The van der Waals surface area contributed by atoms with Gasteiger partial charge in [-0.2, -0.15) is 0 Å². The standard InChI is InChI=1S/C9H16N4O2/c1-15-3-2-11-4-8-5-13(7-12-8)6-9(10)14/h5,7,11H,2-4,6H2,1H3,(H2,10,14). The van der Waals surface area contributed by atoms with Gasteiger partial charge in [0.05, 0.1) is 18.6 Å². The molecule has 0 bridgehead atoms. The highest BCUT2D eigenvalue weighted by Gasteiger charge is 2.00. The molecule has 15 heavy (non-hydrogen) atoms. The molecular formula is C9H16N4O2. The fourth-order valence-corrected chi connectivity index (χ4v) is 1.15. The highest BCUT2D eigenvalue weighted by molar-refractivity contribution is 5.73. The lowest BCUT2D eigenvalue weighted by Crippen LogP contribution is -2.19. The first-order valence-electron chi connectivity index (χ1n) is 4.71. The maximum Gasteiger partial charge on any atom is 0.237 e. The maximum atomic E-state index is 10.6. The van der Waals surface area contributed by atoms with Crippen molar-refractivity contribution in [3.63, 3.8) is 0 Å². The number of hydrogen-bond acceptors (Lipinski definition) is 4. The average Bonchev–Trinajstić information content (AvgIpc) is 2.59. The van der Waals surface area contributed by atoms with Gasteiger partial charge in [0.2, 0.25) is 5.91 Å². The van der Waals surface area contributed by atoms with E-state index >= 15 is 0 Å². The van der Waals surface area contributed by atoms with Gasteiger partial charge in [0, 0.05) is 26.4 Å². The summed E-state index contributed by atoms with van der Waals surface area (Å²) < 4.78 is 6.55. The Balaban J connectivity index is 2.29. The number of imidazole rings is 1. The molecule has 0 atom stereocenters. The van der Waals surface area contributed by atoms with Crippen molar-refractivity contribution in [2.45, 2.75) is 13.1 Å². The Bertz CT molecular complexity index is 311. The zero-order valence-corrected chi connectivity index (χ0v) is 8.77. The summed E-state index contributed by atoms with van der Waals surface area (Å²) >= 11 is 0. The molecule has 0 spiro atoms. The maximum absolute atomic E-state index is 10.6. The fourth-order valence-electron chi connectivity index (χ4n) is 1.15. The largest absolute Gasteiger partial charge is 0.383 e. The summed E-state index contributed by atoms with van der Waals surface area (Å²) in [6.07, 6.45) is 3.39. The Hall–Kier alpha value is -1.40. The van der Waals surface area contributed by atoms with Crippen molar-refractivity contribution < 1.29 is 9.53 Å². The SMILES string of the molecule is COCCNCc1cn(CC(N)=O)cn1. The van der Waals surface area contributed by atoms with Gasteiger partial charge in [0.1, 0.15) is 6.54 Å². The van der Waals surface area contributed by atoms with Crippen LogP contribution in [0.2, 0.25) is 0 Å². The minimum atomic E-state index is -0.369. The van der Waals surface area contributed by atoms with Crippen molar-refractivity contribution >= 4 is 5.91 Å². The van der Waals surface area contributed by atoms with Crippen LogP contribution in [0.25, 0.3) is 0 Å². The molecule has 0 saturated carbocycles. The van der Waals surface area contributed by atoms with Crippen LogP contribution in [0.15, 0.2) is 12.5 Å². The molecule has 0 aliphatic rings. The molecule has 0 aromatic carbocycles. The van der Waals surface area contributed by atoms with E-state index in [-0.39, 0.29) is 12.5 Å². The number of methoxy groups -OCH3 is 1. The average molecular weight is 212 g/mol. The van der Waals surface area contributed by atoms with Gasteiger partial charge in [-0.25, -0.2) is 4.98 Å². The van der Waals surface area contributed by atoms with E-state index in [4.69, 9.17) is 10.5 Å². The predicted molar refractivity (Wildman–Crippen MR) is 55.0 cm³/mol. The van der Waals surface area contributed by atoms with E-state index in [0.717, 1.165) is 12.2 Å². The molecule has 1 aromatic heterocycles. The number of carbonyl (C=O) groups is 1. The van der Waals surface area contributed by atoms with E-state index in [1.807, 2.05) is 0 Å². The minimum absolute atomic E-state index is 0.172. The van der Waals surface area contributed by atoms with Crippen LogP contribution in [-0.4, -0.2) is 35.7 Å². The van der Waals surface area contributed by atoms with Gasteiger partial charge in [0.15, 0.2) is 0 Å². The van der Waals surface area contributed by atoms with E-state index in [2.05, 4.69) is 10.3 Å². The Morgan fingerprint density at radius 2 is 2.53 bits per heavy atom. The number of primary amides is 1. The van der Waals surface area contributed by atoms with E-state index in [1.165, 1.54) is 0 Å². The van der Waals surface area contributed by atoms with Gasteiger partial charge in [-0.3, -0.25) is 4.79 Å². The van der Waals surface area contributed by atoms with Crippen LogP contribution in [0.3, 0.4) is 0 Å². The molecule has 0 radical (unpaired) electrons. The van der Waals surface area contributed by atoms with Gasteiger partial charge in [0.25, 0.3) is 0 Å². The topological polar surface area (TPSA) is 82.2 Å². The number of hydrogen-bond donors (Lipinski definition) is 2. The summed E-state index contributed by atoms with van der Waals surface area (Å²) in [6.45, 7) is 2.28. The second-order valence-corrected chi connectivity index (χ2v) is 3.17. The Morgan fingerprint density at radius 1 is 1.73 bits per heavy atom. The number of amides is 1. The summed E-state index contributed by atoms with van der Waals surface area (Å²) in [5.74, 6) is -0.369. The van der Waals surface area contributed by atoms with Crippen LogP contribution in [0.1, 0.15) is 5.69 Å². The monoisotopic (exact) mass is 212 g/mol. The summed E-state index contributed by atoms with van der Waals surface area (Å²) in [5.41, 5.74) is 5.94. The third kappa shape index (κ3) is 4.57. The molecule has 0 aliphatic carbocycles. The normalized spacial score (nSPS) is 10.5. The van der Waals surface area contributed by atoms with Crippen LogP contribution in [-0.2, 0) is 22.6 Å². The van der Waals surface area contributed by atoms with E-state index < -0.39 is 0 Å². The van der Waals surface area contributed by atoms with Gasteiger partial charge >= 0.3 is 0 Å². The lowest BCUT2D eigenvalue weighted by atomic mass is 10.4. The number of nitrogens with zero attached hydrogens (tertiary/aromatic N) is 2. The number of nitrogens with one attached hydrogen (secondary N) is 1. The fraction of sp³-hybridized carbons (Fsp3) is 0.556. The predicted octanol–water partition coefficient (Wildman–Crippen LogP) is -0.896. The summed E-state index contributed by atoms with van der Waals surface area (Å²) in [4.78, 5) is 14.7. The first-order chi connectivity index (χ1) is 7.22. The molecule has 1 rings (SSSR count). The number of aromatic nitrogens is 2. The van der Waals surface area contributed by atoms with Gasteiger partial charge in [-0.05, 0) is 0 Å². The van der Waals surface area contributed by atoms with Crippen LogP contribution in [0.4, 0.5) is 0 Å². The second kappa shape index (κ2) is 6.15. The van der Waals surface area contributed by atoms with Gasteiger partial charge in [-0.1, -0.05) is 0 Å². The van der Waals surface area contributed by atoms with Crippen LogP contribution < -0.4 is 11.1 Å². The molecule has 6 nitrogen and oxygen atoms in total. The van der Waals surface area contributed by atoms with Crippen LogP contribution in [0, 0.1) is 0 Å². The molecule has 0 saturated heterocycles. The summed E-state index contributed by atoms with van der Waals surface area (Å²) in [7, 11) is 1.66. The number of ether oxygens (including phenoxy) is 1. The van der Waals surface area contributed by atoms with Crippen molar-refractivity contribution in [1.29, 1.82) is 0 Å². The first-order valence-corrected chi connectivity index (χ1v) is 4.71. The third-order valence-electron chi connectivity index (χ3n) is 1.81. The van der Waals surface area contributed by atoms with E-state index in [0.29, 0.717) is 13.2 Å². The minimum Gasteiger partial charge on any atom is -0.383 e. The van der Waals surface area contributed by atoms with Gasteiger partial charge < -0.3 is 20.4 Å². The number of carbonyl (C=O) groups excluding carboxylic acids is 1. The third-order valence-corrected chi connectivity index (χ3v) is 1.81. The smallest absolute Gasteiger partial charge is 0.237 e. The molecular weight excluding hydrogens is 196 g/mol. The lowest BCUT2D eigenvalue weighted by Gasteiger charge is -2.00. The molecule has 6 heteroatoms. The second-order valence-electron chi connectivity index (χ2n) is 3.17. The van der Waals surface area contributed by atoms with Crippen LogP contribution in [0.5, 0.6) is 0 Å². The summed E-state index contributed by atoms with van der Waals surface area (Å²) in [6, 6.07) is 0. The summed E-state index contributed by atoms with van der Waals surface area (Å²) in [5, 5.41) is 3.15. The Kier molecular flexibility index (Phi) is 4.79. The van der Waals surface area contributed by atoms with Crippen molar-refractivity contribution in [3.8, 4) is 0 Å². The molecule has 84 valence electrons. The van der Waals surface area contributed by atoms with Crippen molar-refractivity contribution in [1.82, 2.24) is 14.9 Å². The Morgan fingerprint density at radius 3 is 3.20 bits per heavy atom. The zero-order chi connectivity index (χ0) is 11.1. The van der Waals surface area contributed by atoms with Crippen LogP contribution >= 0.6 is 0 Å². The number of rotatable bonds is 7. The molecule has 0 unspecified atom stereocenters. The quantitative estimate of drug-likeness (QED) is 0.574. The molecule has 1 aromatic rings. The van der Waals surface area contributed by atoms with E-state index in [1.54, 1.807) is 24.2 Å². The number of nitrogens with two attached hydrogens (primary N) is 1. The Labute approximate surface area is 88.4 Å². The van der Waals surface area contributed by atoms with Crippen molar-refractivity contribution in [2.75, 3.05) is 20.3 Å². The van der Waals surface area contributed by atoms with Gasteiger partial charge in [-0.15, -0.1) is 0 Å². The molecule has 0 aliphatic heterocycles. The van der Waals surface area contributed by atoms with E-state index in [9.17, 15) is 4.79 Å². The molecule has 3 N–H and O–H groups in total. The highest BCUT2D eigenvalue weighted by atomic mass is 16.5. The highest BCUT2D eigenvalue weighted by Crippen LogP contribution is 1.95. The van der Waals surface area contributed by atoms with Crippen molar-refractivity contribution in [3.05, 3.63) is 18.2 Å².